The number of hydrogen-bond acceptors (Lipinski definition) is 11. The lowest BCUT2D eigenvalue weighted by atomic mass is 10.2. The highest BCUT2D eigenvalue weighted by atomic mass is 35.5. The Kier molecular flexibility index (Phi) is 12.3. The highest BCUT2D eigenvalue weighted by molar-refractivity contribution is 7.89. The van der Waals surface area contributed by atoms with E-state index in [1.165, 1.54) is 6.07 Å². The Morgan fingerprint density at radius 3 is 2.10 bits per heavy atom. The molecule has 0 radical (unpaired) electrons. The second-order valence-electron chi connectivity index (χ2n) is 10.4. The molecule has 4 aromatic rings. The van der Waals surface area contributed by atoms with Crippen LogP contribution in [0.1, 0.15) is 35.4 Å². The van der Waals surface area contributed by atoms with E-state index in [-0.39, 0.29) is 21.6 Å². The van der Waals surface area contributed by atoms with Crippen molar-refractivity contribution in [3.8, 4) is 22.8 Å². The largest absolute Gasteiger partial charge is 0.378 e. The number of thiophene rings is 1. The van der Waals surface area contributed by atoms with Crippen LogP contribution in [0.4, 0.5) is 0 Å². The van der Waals surface area contributed by atoms with Crippen molar-refractivity contribution < 1.29 is 43.3 Å². The quantitative estimate of drug-likeness (QED) is 0.146. The number of carbonyl (C=O) groups excluding carboxylic acids is 1. The molecule has 48 heavy (non-hydrogen) atoms. The van der Waals surface area contributed by atoms with Gasteiger partial charge in [-0.1, -0.05) is 35.7 Å². The van der Waals surface area contributed by atoms with E-state index in [0.717, 1.165) is 43.7 Å². The third-order valence-electron chi connectivity index (χ3n) is 6.75. The molecule has 14 nitrogen and oxygen atoms in total. The predicted octanol–water partition coefficient (Wildman–Crippen LogP) is 4.88. The Morgan fingerprint density at radius 1 is 0.938 bits per heavy atom. The van der Waals surface area contributed by atoms with Crippen LogP contribution < -0.4 is 9.61 Å². The molecule has 0 aliphatic carbocycles. The smallest absolute Gasteiger partial charge is 0.348 e. The summed E-state index contributed by atoms with van der Waals surface area (Å²) in [5, 5.41) is 4.45. The van der Waals surface area contributed by atoms with Gasteiger partial charge in [-0.3, -0.25) is 23.9 Å². The number of hydrogen-bond donors (Lipinski definition) is 3. The molecule has 2 aromatic heterocycles. The van der Waals surface area contributed by atoms with Gasteiger partial charge in [0.25, 0.3) is 26.1 Å². The molecule has 3 heterocycles. The van der Waals surface area contributed by atoms with Gasteiger partial charge in [-0.2, -0.15) is 25.3 Å². The number of carbonyl (C=O) groups is 1. The zero-order valence-electron chi connectivity index (χ0n) is 25.1. The van der Waals surface area contributed by atoms with Crippen LogP contribution in [-0.4, -0.2) is 79.4 Å². The molecule has 0 bridgehead atoms. The van der Waals surface area contributed by atoms with E-state index in [4.69, 9.17) is 41.5 Å². The average Bonchev–Trinajstić information content (AvgIpc) is 3.66. The van der Waals surface area contributed by atoms with Gasteiger partial charge in [0, 0.05) is 29.4 Å². The summed E-state index contributed by atoms with van der Waals surface area (Å²) in [6.45, 7) is 3.38. The van der Waals surface area contributed by atoms with Crippen molar-refractivity contribution >= 4 is 70.8 Å². The summed E-state index contributed by atoms with van der Waals surface area (Å²) in [7, 11) is -12.5. The van der Waals surface area contributed by atoms with Gasteiger partial charge in [-0.15, -0.1) is 11.3 Å². The maximum absolute atomic E-state index is 13.3. The molecule has 0 unspecified atom stereocenters. The van der Waals surface area contributed by atoms with Gasteiger partial charge in [0.2, 0.25) is 0 Å². The number of hydrazine groups is 1. The Hall–Kier alpha value is -3.07. The van der Waals surface area contributed by atoms with Gasteiger partial charge in [-0.25, -0.2) is 9.99 Å². The minimum Gasteiger partial charge on any atom is -0.378 e. The average molecular weight is 782 g/mol. The van der Waals surface area contributed by atoms with Crippen LogP contribution in [0.2, 0.25) is 10.0 Å². The van der Waals surface area contributed by atoms with E-state index in [1.807, 2.05) is 5.01 Å². The molecule has 3 N–H and O–H groups in total. The van der Waals surface area contributed by atoms with Crippen molar-refractivity contribution in [2.24, 2.45) is 0 Å². The van der Waals surface area contributed by atoms with E-state index in [9.17, 15) is 30.0 Å². The van der Waals surface area contributed by atoms with Gasteiger partial charge in [0.15, 0.2) is 9.90 Å². The minimum absolute atomic E-state index is 0.121. The maximum Gasteiger partial charge on any atom is 0.348 e. The fourth-order valence-electron chi connectivity index (χ4n) is 4.52. The second-order valence-corrected chi connectivity index (χ2v) is 17.1. The summed E-state index contributed by atoms with van der Waals surface area (Å²) in [4.78, 5) is 18.0. The molecule has 0 spiro atoms. The number of aromatic nitrogens is 2. The molecule has 2 aromatic carbocycles. The summed E-state index contributed by atoms with van der Waals surface area (Å²) >= 11 is 13.7. The maximum atomic E-state index is 13.3. The molecule has 0 atom stereocenters. The fourth-order valence-corrected chi connectivity index (χ4v) is 8.58. The van der Waals surface area contributed by atoms with E-state index in [2.05, 4.69) is 5.43 Å². The zero-order chi connectivity index (χ0) is 35.3. The number of benzene rings is 2. The highest BCUT2D eigenvalue weighted by Crippen LogP contribution is 2.34. The lowest BCUT2D eigenvalue weighted by Gasteiger charge is -2.26. The van der Waals surface area contributed by atoms with Crippen LogP contribution in [0.25, 0.3) is 17.1 Å². The lowest BCUT2D eigenvalue weighted by Crippen LogP contribution is -2.45. The Labute approximate surface area is 291 Å². The van der Waals surface area contributed by atoms with Crippen LogP contribution in [0.15, 0.2) is 64.2 Å². The van der Waals surface area contributed by atoms with Crippen molar-refractivity contribution in [2.75, 3.05) is 24.6 Å². The fraction of sp³-hybridized carbons (Fsp3) is 0.286. The Bertz CT molecular complexity index is 2050. The molecular formula is C28H30Cl2N4O10S4. The third kappa shape index (κ3) is 10.5. The first kappa shape index (κ1) is 37.7. The first-order chi connectivity index (χ1) is 22.4. The summed E-state index contributed by atoms with van der Waals surface area (Å²) in [6, 6.07) is 14.7. The van der Waals surface area contributed by atoms with Crippen LogP contribution in [-0.2, 0) is 30.4 Å². The Morgan fingerprint density at radius 2 is 1.56 bits per heavy atom. The molecular weight excluding hydrogens is 752 g/mol. The van der Waals surface area contributed by atoms with Crippen molar-refractivity contribution in [1.82, 2.24) is 20.0 Å². The van der Waals surface area contributed by atoms with E-state index < -0.39 is 41.9 Å². The van der Waals surface area contributed by atoms with Crippen LogP contribution in [0.5, 0.6) is 5.75 Å². The summed E-state index contributed by atoms with van der Waals surface area (Å²) in [5.74, 6) is -1.66. The van der Waals surface area contributed by atoms with Crippen LogP contribution in [0.3, 0.4) is 0 Å². The van der Waals surface area contributed by atoms with E-state index in [1.54, 1.807) is 65.4 Å². The van der Waals surface area contributed by atoms with Gasteiger partial charge < -0.3 is 4.18 Å². The Balaban J connectivity index is 0.000000453. The minimum atomic E-state index is -4.30. The molecule has 1 amide bonds. The summed E-state index contributed by atoms with van der Waals surface area (Å²) < 4.78 is 87.6. The molecule has 1 aliphatic heterocycles. The molecule has 1 saturated heterocycles. The van der Waals surface area contributed by atoms with Crippen molar-refractivity contribution in [3.63, 3.8) is 0 Å². The number of piperidine rings is 1. The number of halogens is 2. The molecule has 20 heteroatoms. The van der Waals surface area contributed by atoms with Crippen molar-refractivity contribution in [1.29, 1.82) is 0 Å². The van der Waals surface area contributed by atoms with Gasteiger partial charge >= 0.3 is 10.1 Å². The number of nitrogens with zero attached hydrogens (tertiary/aromatic N) is 3. The molecule has 260 valence electrons. The van der Waals surface area contributed by atoms with Gasteiger partial charge in [0.1, 0.15) is 11.6 Å². The standard InChI is InChI=1S/C26H24Cl2N4O4S2.C2H6O6S2/c1-17-24(26(33)30-31-13-3-2-4-14-31)29-25(21-12-7-18(27)16-22(21)28)32(17)19-8-10-20(11-9-19)36-38(34,35)23-6-5-15-37-23;3-9(4,5)1-2-10(6,7)8/h5-12,15-16H,2-4,13-14H2,1H3,(H,30,33);1-2H2,(H,3,4,5)(H,6,7,8). The van der Waals surface area contributed by atoms with Crippen LogP contribution in [0, 0.1) is 6.92 Å². The predicted molar refractivity (Wildman–Crippen MR) is 182 cm³/mol. The molecule has 5 rings (SSSR count). The SMILES string of the molecule is Cc1c(C(=O)NN2CCCCC2)nc(-c2ccc(Cl)cc2Cl)n1-c1ccc(OS(=O)(=O)c2cccs2)cc1.O=S(=O)(O)CCS(=O)(=O)O. The van der Waals surface area contributed by atoms with Crippen molar-refractivity contribution in [3.05, 3.63) is 81.4 Å². The monoisotopic (exact) mass is 780 g/mol. The number of imidazole rings is 1. The third-order valence-corrected chi connectivity index (χ3v) is 11.6. The molecule has 1 aliphatic rings. The summed E-state index contributed by atoms with van der Waals surface area (Å²) in [6.07, 6.45) is 3.19. The van der Waals surface area contributed by atoms with Gasteiger partial charge in [0.05, 0.1) is 22.2 Å². The topological polar surface area (TPSA) is 202 Å². The van der Waals surface area contributed by atoms with Crippen LogP contribution >= 0.6 is 34.5 Å². The van der Waals surface area contributed by atoms with Gasteiger partial charge in [-0.05, 0) is 73.7 Å². The molecule has 0 saturated carbocycles. The first-order valence-corrected chi connectivity index (χ1v) is 20.3. The zero-order valence-corrected chi connectivity index (χ0v) is 29.9. The number of amides is 1. The van der Waals surface area contributed by atoms with E-state index >= 15 is 0 Å². The highest BCUT2D eigenvalue weighted by Gasteiger charge is 2.25. The first-order valence-electron chi connectivity index (χ1n) is 14.0. The number of nitrogens with one attached hydrogen (secondary N) is 1. The van der Waals surface area contributed by atoms with E-state index in [0.29, 0.717) is 32.8 Å². The number of rotatable bonds is 10. The lowest BCUT2D eigenvalue weighted by molar-refractivity contribution is 0.0744. The second kappa shape index (κ2) is 15.6. The van der Waals surface area contributed by atoms with Crippen molar-refractivity contribution in [2.45, 2.75) is 30.4 Å². The normalized spacial score (nSPS) is 14.2. The summed E-state index contributed by atoms with van der Waals surface area (Å²) in [5.41, 5.74) is 5.07. The molecule has 1 fully saturated rings.